The second kappa shape index (κ2) is 6.93. The third-order valence-electron chi connectivity index (χ3n) is 3.33. The van der Waals surface area contributed by atoms with Crippen LogP contribution in [0.5, 0.6) is 0 Å². The van der Waals surface area contributed by atoms with Gasteiger partial charge in [-0.3, -0.25) is 4.79 Å². The highest BCUT2D eigenvalue weighted by Gasteiger charge is 2.36. The molecule has 0 aromatic heterocycles. The number of rotatable bonds is 6. The summed E-state index contributed by atoms with van der Waals surface area (Å²) in [7, 11) is 3.53. The zero-order valence-electron chi connectivity index (χ0n) is 11.2. The lowest BCUT2D eigenvalue weighted by atomic mass is 10.0. The van der Waals surface area contributed by atoms with Gasteiger partial charge in [0.25, 0.3) is 0 Å². The van der Waals surface area contributed by atoms with Gasteiger partial charge in [0.2, 0.25) is 5.91 Å². The highest BCUT2D eigenvalue weighted by Crippen LogP contribution is 2.18. The molecule has 0 aromatic rings. The quantitative estimate of drug-likeness (QED) is 0.720. The first-order valence-corrected chi connectivity index (χ1v) is 6.20. The topological polar surface area (TPSA) is 50.8 Å². The van der Waals surface area contributed by atoms with Crippen LogP contribution in [0.2, 0.25) is 0 Å². The summed E-state index contributed by atoms with van der Waals surface area (Å²) < 4.78 is 10.5. The number of methoxy groups -OCH3 is 1. The fourth-order valence-corrected chi connectivity index (χ4v) is 2.31. The fraction of sp³-hybridized carbons (Fsp3) is 0.917. The molecule has 17 heavy (non-hydrogen) atoms. The summed E-state index contributed by atoms with van der Waals surface area (Å²) in [6.07, 6.45) is 0. The molecule has 0 radical (unpaired) electrons. The van der Waals surface area contributed by atoms with Crippen molar-refractivity contribution in [1.82, 2.24) is 10.2 Å². The Morgan fingerprint density at radius 1 is 1.59 bits per heavy atom. The van der Waals surface area contributed by atoms with E-state index in [9.17, 15) is 4.79 Å². The summed E-state index contributed by atoms with van der Waals surface area (Å²) in [5.74, 6) is 0.0909. The molecule has 0 aliphatic carbocycles. The minimum absolute atomic E-state index is 0.0701. The highest BCUT2D eigenvalue weighted by molar-refractivity contribution is 5.80. The molecular formula is C12H24N2O3. The monoisotopic (exact) mass is 244 g/mol. The van der Waals surface area contributed by atoms with Crippen molar-refractivity contribution in [2.75, 3.05) is 40.5 Å². The Labute approximate surface area is 103 Å². The molecule has 100 valence electrons. The van der Waals surface area contributed by atoms with E-state index in [4.69, 9.17) is 9.47 Å². The Hall–Kier alpha value is -0.650. The second-order valence-electron chi connectivity index (χ2n) is 4.47. The molecule has 1 amide bonds. The number of amides is 1. The molecule has 0 aromatic carbocycles. The van der Waals surface area contributed by atoms with Crippen molar-refractivity contribution in [2.24, 2.45) is 5.92 Å². The van der Waals surface area contributed by atoms with Gasteiger partial charge in [0.15, 0.2) is 0 Å². The van der Waals surface area contributed by atoms with Gasteiger partial charge in [-0.15, -0.1) is 0 Å². The SMILES string of the molecule is CCN(C(=O)C1COCC1NC)C(C)COC. The number of nitrogens with one attached hydrogen (secondary N) is 1. The van der Waals surface area contributed by atoms with Crippen LogP contribution in [-0.2, 0) is 14.3 Å². The highest BCUT2D eigenvalue weighted by atomic mass is 16.5. The molecule has 5 heteroatoms. The van der Waals surface area contributed by atoms with E-state index in [1.54, 1.807) is 7.11 Å². The van der Waals surface area contributed by atoms with Crippen molar-refractivity contribution in [3.05, 3.63) is 0 Å². The number of ether oxygens (including phenoxy) is 2. The number of hydrogen-bond donors (Lipinski definition) is 1. The van der Waals surface area contributed by atoms with Crippen molar-refractivity contribution < 1.29 is 14.3 Å². The summed E-state index contributed by atoms with van der Waals surface area (Å²) in [6.45, 7) is 6.40. The van der Waals surface area contributed by atoms with Gasteiger partial charge in [-0.1, -0.05) is 0 Å². The third-order valence-corrected chi connectivity index (χ3v) is 3.33. The molecule has 1 N–H and O–H groups in total. The smallest absolute Gasteiger partial charge is 0.229 e. The standard InChI is InChI=1S/C12H24N2O3/c1-5-14(9(2)6-16-4)12(15)10-7-17-8-11(10)13-3/h9-11,13H,5-8H2,1-4H3. The van der Waals surface area contributed by atoms with E-state index in [1.165, 1.54) is 0 Å². The number of carbonyl (C=O) groups is 1. The summed E-state index contributed by atoms with van der Waals surface area (Å²) >= 11 is 0. The van der Waals surface area contributed by atoms with Crippen LogP contribution >= 0.6 is 0 Å². The molecule has 1 heterocycles. The fourth-order valence-electron chi connectivity index (χ4n) is 2.31. The Morgan fingerprint density at radius 3 is 2.82 bits per heavy atom. The van der Waals surface area contributed by atoms with Crippen LogP contribution < -0.4 is 5.32 Å². The molecule has 1 aliphatic heterocycles. The van der Waals surface area contributed by atoms with E-state index in [1.807, 2.05) is 25.8 Å². The molecule has 5 nitrogen and oxygen atoms in total. The lowest BCUT2D eigenvalue weighted by molar-refractivity contribution is -0.138. The maximum atomic E-state index is 12.4. The average molecular weight is 244 g/mol. The summed E-state index contributed by atoms with van der Waals surface area (Å²) in [4.78, 5) is 14.3. The largest absolute Gasteiger partial charge is 0.383 e. The van der Waals surface area contributed by atoms with Gasteiger partial charge >= 0.3 is 0 Å². The van der Waals surface area contributed by atoms with Gasteiger partial charge in [0.05, 0.1) is 31.8 Å². The number of hydrogen-bond acceptors (Lipinski definition) is 4. The van der Waals surface area contributed by atoms with Crippen molar-refractivity contribution in [1.29, 1.82) is 0 Å². The number of nitrogens with zero attached hydrogens (tertiary/aromatic N) is 1. The molecule has 0 bridgehead atoms. The van der Waals surface area contributed by atoms with Crippen LogP contribution in [0.4, 0.5) is 0 Å². The van der Waals surface area contributed by atoms with E-state index in [0.29, 0.717) is 26.4 Å². The lowest BCUT2D eigenvalue weighted by Crippen LogP contribution is -2.49. The van der Waals surface area contributed by atoms with E-state index in [2.05, 4.69) is 5.32 Å². The molecular weight excluding hydrogens is 220 g/mol. The summed E-state index contributed by atoms with van der Waals surface area (Å²) in [5.41, 5.74) is 0. The average Bonchev–Trinajstić information content (AvgIpc) is 2.78. The van der Waals surface area contributed by atoms with Crippen LogP contribution in [0.3, 0.4) is 0 Å². The van der Waals surface area contributed by atoms with Gasteiger partial charge in [-0.25, -0.2) is 0 Å². The van der Waals surface area contributed by atoms with Gasteiger partial charge < -0.3 is 19.7 Å². The Kier molecular flexibility index (Phi) is 5.88. The minimum atomic E-state index is -0.0701. The molecule has 1 rings (SSSR count). The van der Waals surface area contributed by atoms with Gasteiger partial charge in [-0.2, -0.15) is 0 Å². The molecule has 3 atom stereocenters. The van der Waals surface area contributed by atoms with E-state index in [-0.39, 0.29) is 23.9 Å². The normalized spacial score (nSPS) is 25.9. The van der Waals surface area contributed by atoms with Crippen LogP contribution in [0.15, 0.2) is 0 Å². The number of likely N-dealkylation sites (N-methyl/N-ethyl adjacent to an activating group) is 2. The van der Waals surface area contributed by atoms with E-state index in [0.717, 1.165) is 0 Å². The summed E-state index contributed by atoms with van der Waals surface area (Å²) in [6, 6.07) is 0.238. The van der Waals surface area contributed by atoms with Gasteiger partial charge in [-0.05, 0) is 20.9 Å². The lowest BCUT2D eigenvalue weighted by Gasteiger charge is -2.31. The molecule has 1 fully saturated rings. The van der Waals surface area contributed by atoms with Crippen molar-refractivity contribution >= 4 is 5.91 Å². The molecule has 0 spiro atoms. The van der Waals surface area contributed by atoms with E-state index >= 15 is 0 Å². The van der Waals surface area contributed by atoms with Crippen molar-refractivity contribution in [2.45, 2.75) is 25.9 Å². The molecule has 1 aliphatic rings. The van der Waals surface area contributed by atoms with Crippen molar-refractivity contribution in [3.63, 3.8) is 0 Å². The van der Waals surface area contributed by atoms with Crippen LogP contribution in [0.1, 0.15) is 13.8 Å². The summed E-state index contributed by atoms with van der Waals surface area (Å²) in [5, 5.41) is 3.14. The van der Waals surface area contributed by atoms with Crippen LogP contribution in [-0.4, -0.2) is 63.4 Å². The number of carbonyl (C=O) groups excluding carboxylic acids is 1. The molecule has 3 unspecified atom stereocenters. The predicted molar refractivity (Wildman–Crippen MR) is 65.9 cm³/mol. The first-order valence-electron chi connectivity index (χ1n) is 6.20. The third kappa shape index (κ3) is 3.40. The van der Waals surface area contributed by atoms with Gasteiger partial charge in [0, 0.05) is 19.7 Å². The first-order chi connectivity index (χ1) is 8.15. The van der Waals surface area contributed by atoms with Crippen molar-refractivity contribution in [3.8, 4) is 0 Å². The Morgan fingerprint density at radius 2 is 2.29 bits per heavy atom. The maximum Gasteiger partial charge on any atom is 0.229 e. The molecule has 1 saturated heterocycles. The second-order valence-corrected chi connectivity index (χ2v) is 4.47. The zero-order chi connectivity index (χ0) is 12.8. The Bertz CT molecular complexity index is 248. The van der Waals surface area contributed by atoms with Crippen LogP contribution in [0.25, 0.3) is 0 Å². The predicted octanol–water partition coefficient (Wildman–Crippen LogP) is 0.104. The van der Waals surface area contributed by atoms with Crippen LogP contribution in [0, 0.1) is 5.92 Å². The first kappa shape index (κ1) is 14.4. The molecule has 0 saturated carbocycles. The zero-order valence-corrected chi connectivity index (χ0v) is 11.2. The minimum Gasteiger partial charge on any atom is -0.383 e. The van der Waals surface area contributed by atoms with E-state index < -0.39 is 0 Å². The van der Waals surface area contributed by atoms with Gasteiger partial charge in [0.1, 0.15) is 0 Å². The maximum absolute atomic E-state index is 12.4. The Balaban J connectivity index is 2.65.